The molecule has 0 saturated carbocycles. The number of nitrogens with one attached hydrogen (secondary N) is 4. The van der Waals surface area contributed by atoms with E-state index in [0.29, 0.717) is 31.9 Å². The largest absolute Gasteiger partial charge is 0.405 e. The molecule has 0 aliphatic carbocycles. The lowest BCUT2D eigenvalue weighted by atomic mass is 9.79. The number of carbonyl (C=O) groups excluding carboxylic acids is 3. The van der Waals surface area contributed by atoms with Crippen LogP contribution >= 0.6 is 24.0 Å². The molecule has 4 amide bonds. The summed E-state index contributed by atoms with van der Waals surface area (Å²) in [7, 11) is 1.51. The molecular formula is C15H24F3IN6O3. The number of hydrogen-bond acceptors (Lipinski definition) is 4. The van der Waals surface area contributed by atoms with Crippen molar-refractivity contribution in [3.63, 3.8) is 0 Å². The van der Waals surface area contributed by atoms with E-state index in [4.69, 9.17) is 0 Å². The van der Waals surface area contributed by atoms with Gasteiger partial charge in [0.05, 0.1) is 6.54 Å². The Morgan fingerprint density at radius 2 is 1.89 bits per heavy atom. The first-order valence-electron chi connectivity index (χ1n) is 8.48. The van der Waals surface area contributed by atoms with Crippen molar-refractivity contribution < 1.29 is 27.6 Å². The fourth-order valence-electron chi connectivity index (χ4n) is 3.27. The zero-order valence-electron chi connectivity index (χ0n) is 15.5. The molecule has 2 rings (SSSR count). The van der Waals surface area contributed by atoms with Gasteiger partial charge in [0.25, 0.3) is 5.91 Å². The highest BCUT2D eigenvalue weighted by Crippen LogP contribution is 2.30. The summed E-state index contributed by atoms with van der Waals surface area (Å²) in [6.07, 6.45) is -3.26. The molecule has 2 saturated heterocycles. The quantitative estimate of drug-likeness (QED) is 0.183. The van der Waals surface area contributed by atoms with E-state index < -0.39 is 30.2 Å². The van der Waals surface area contributed by atoms with Gasteiger partial charge in [-0.1, -0.05) is 0 Å². The average Bonchev–Trinajstić information content (AvgIpc) is 2.86. The number of guanidine groups is 1. The van der Waals surface area contributed by atoms with Gasteiger partial charge < -0.3 is 20.9 Å². The van der Waals surface area contributed by atoms with Crippen molar-refractivity contribution in [2.75, 3.05) is 33.2 Å². The van der Waals surface area contributed by atoms with Gasteiger partial charge in [-0.25, -0.2) is 4.79 Å². The smallest absolute Gasteiger partial charge is 0.347 e. The number of imide groups is 1. The number of carbonyl (C=O) groups is 3. The molecule has 0 aromatic rings. The van der Waals surface area contributed by atoms with Crippen LogP contribution in [0.5, 0.6) is 0 Å². The van der Waals surface area contributed by atoms with Crippen molar-refractivity contribution in [1.82, 2.24) is 26.2 Å². The monoisotopic (exact) mass is 520 g/mol. The molecule has 1 unspecified atom stereocenters. The number of nitrogens with zero attached hydrogens (tertiary/aromatic N) is 2. The Morgan fingerprint density at radius 1 is 1.29 bits per heavy atom. The first-order valence-corrected chi connectivity index (χ1v) is 8.48. The van der Waals surface area contributed by atoms with Crippen LogP contribution in [0.1, 0.15) is 19.8 Å². The maximum Gasteiger partial charge on any atom is 0.405 e. The summed E-state index contributed by atoms with van der Waals surface area (Å²) in [6, 6.07) is -0.507. The van der Waals surface area contributed by atoms with Gasteiger partial charge >= 0.3 is 12.2 Å². The van der Waals surface area contributed by atoms with Gasteiger partial charge in [0.1, 0.15) is 12.1 Å². The van der Waals surface area contributed by atoms with Gasteiger partial charge in [0, 0.05) is 20.1 Å². The highest BCUT2D eigenvalue weighted by molar-refractivity contribution is 14.0. The van der Waals surface area contributed by atoms with E-state index in [1.165, 1.54) is 7.05 Å². The maximum absolute atomic E-state index is 12.1. The van der Waals surface area contributed by atoms with Crippen LogP contribution in [0.3, 0.4) is 0 Å². The van der Waals surface area contributed by atoms with Crippen molar-refractivity contribution in [1.29, 1.82) is 0 Å². The Kier molecular flexibility index (Phi) is 8.31. The second kappa shape index (κ2) is 9.60. The number of halogens is 4. The molecule has 1 atom stereocenters. The predicted molar refractivity (Wildman–Crippen MR) is 105 cm³/mol. The molecule has 160 valence electrons. The Bertz CT molecular complexity index is 637. The maximum atomic E-state index is 12.1. The molecule has 4 N–H and O–H groups in total. The third-order valence-electron chi connectivity index (χ3n) is 4.79. The Labute approximate surface area is 177 Å². The van der Waals surface area contributed by atoms with Gasteiger partial charge in [-0.15, -0.1) is 24.0 Å². The van der Waals surface area contributed by atoms with E-state index in [2.05, 4.69) is 20.9 Å². The van der Waals surface area contributed by atoms with Gasteiger partial charge in [-0.2, -0.15) is 13.2 Å². The summed E-state index contributed by atoms with van der Waals surface area (Å²) in [5.74, 6) is -0.815. The van der Waals surface area contributed by atoms with Crippen LogP contribution in [0.4, 0.5) is 18.0 Å². The number of aliphatic imine (C=N–C) groups is 1. The second-order valence-electron chi connectivity index (χ2n) is 6.66. The molecule has 0 spiro atoms. The molecule has 13 heteroatoms. The molecule has 2 heterocycles. The summed E-state index contributed by atoms with van der Waals surface area (Å²) in [6.45, 7) is 1.01. The number of rotatable bonds is 4. The van der Waals surface area contributed by atoms with Crippen LogP contribution in [-0.4, -0.2) is 73.6 Å². The molecule has 0 bridgehead atoms. The van der Waals surface area contributed by atoms with E-state index in [1.807, 2.05) is 4.90 Å². The van der Waals surface area contributed by atoms with Gasteiger partial charge in [0.15, 0.2) is 5.96 Å². The Morgan fingerprint density at radius 3 is 2.36 bits per heavy atom. The van der Waals surface area contributed by atoms with Crippen molar-refractivity contribution >= 4 is 47.8 Å². The normalized spacial score (nSPS) is 23.6. The molecular weight excluding hydrogens is 496 g/mol. The lowest BCUT2D eigenvalue weighted by Crippen LogP contribution is -2.56. The minimum absolute atomic E-state index is 0. The third kappa shape index (κ3) is 6.10. The molecule has 0 aromatic heterocycles. The van der Waals surface area contributed by atoms with Gasteiger partial charge in [-0.05, 0) is 25.7 Å². The fourth-order valence-corrected chi connectivity index (χ4v) is 3.27. The highest BCUT2D eigenvalue weighted by Gasteiger charge is 2.48. The van der Waals surface area contributed by atoms with Crippen molar-refractivity contribution in [2.45, 2.75) is 31.5 Å². The minimum Gasteiger partial charge on any atom is -0.347 e. The third-order valence-corrected chi connectivity index (χ3v) is 4.79. The summed E-state index contributed by atoms with van der Waals surface area (Å²) in [5.41, 5.74) is -0.961. The molecule has 28 heavy (non-hydrogen) atoms. The van der Waals surface area contributed by atoms with Crippen LogP contribution in [0.2, 0.25) is 0 Å². The summed E-state index contributed by atoms with van der Waals surface area (Å²) in [4.78, 5) is 40.8. The summed E-state index contributed by atoms with van der Waals surface area (Å²) in [5, 5.41) is 9.42. The van der Waals surface area contributed by atoms with E-state index in [9.17, 15) is 27.6 Å². The number of alkyl halides is 3. The SMILES string of the molecule is CN=C(NCC(=O)NCC(F)(F)F)N1CCC(C2(C)NC(=O)NC2=O)CC1.I. The number of likely N-dealkylation sites (tertiary alicyclic amines) is 1. The zero-order chi connectivity index (χ0) is 20.2. The molecule has 0 aromatic carbocycles. The minimum atomic E-state index is -4.46. The number of piperidine rings is 1. The average molecular weight is 520 g/mol. The Balaban J connectivity index is 0.00000392. The zero-order valence-corrected chi connectivity index (χ0v) is 17.8. The fraction of sp³-hybridized carbons (Fsp3) is 0.733. The van der Waals surface area contributed by atoms with E-state index in [0.717, 1.165) is 0 Å². The van der Waals surface area contributed by atoms with E-state index in [1.54, 1.807) is 12.2 Å². The number of hydrogen-bond donors (Lipinski definition) is 4. The first-order chi connectivity index (χ1) is 12.5. The van der Waals surface area contributed by atoms with Crippen LogP contribution in [0.15, 0.2) is 4.99 Å². The van der Waals surface area contributed by atoms with Gasteiger partial charge in [0.2, 0.25) is 5.91 Å². The molecule has 0 radical (unpaired) electrons. The topological polar surface area (TPSA) is 115 Å². The Hall–Kier alpha value is -1.80. The molecule has 2 aliphatic rings. The molecule has 2 aliphatic heterocycles. The van der Waals surface area contributed by atoms with Crippen LogP contribution < -0.4 is 21.3 Å². The van der Waals surface area contributed by atoms with E-state index >= 15 is 0 Å². The lowest BCUT2D eigenvalue weighted by Gasteiger charge is -2.39. The van der Waals surface area contributed by atoms with Crippen molar-refractivity contribution in [3.8, 4) is 0 Å². The molecule has 9 nitrogen and oxygen atoms in total. The van der Waals surface area contributed by atoms with Gasteiger partial charge in [-0.3, -0.25) is 19.9 Å². The van der Waals surface area contributed by atoms with E-state index in [-0.39, 0.29) is 42.3 Å². The standard InChI is InChI=1S/C15H23F3N6O3.HI/c1-14(11(26)22-13(27)23-14)9-3-5-24(6-4-9)12(19-2)20-7-10(25)21-8-15(16,17)18;/h9H,3-8H2,1-2H3,(H,19,20)(H,21,25)(H2,22,23,26,27);1H. The van der Waals surface area contributed by atoms with Crippen LogP contribution in [-0.2, 0) is 9.59 Å². The highest BCUT2D eigenvalue weighted by atomic mass is 127. The van der Waals surface area contributed by atoms with Crippen molar-refractivity contribution in [3.05, 3.63) is 0 Å². The van der Waals surface area contributed by atoms with Crippen LogP contribution in [0, 0.1) is 5.92 Å². The molecule has 2 fully saturated rings. The second-order valence-corrected chi connectivity index (χ2v) is 6.66. The number of amides is 4. The number of urea groups is 1. The lowest BCUT2D eigenvalue weighted by molar-refractivity contribution is -0.137. The predicted octanol–water partition coefficient (Wildman–Crippen LogP) is 0.168. The summed E-state index contributed by atoms with van der Waals surface area (Å²) >= 11 is 0. The first kappa shape index (κ1) is 24.2. The van der Waals surface area contributed by atoms with Crippen molar-refractivity contribution in [2.24, 2.45) is 10.9 Å². The summed E-state index contributed by atoms with van der Waals surface area (Å²) < 4.78 is 36.3. The van der Waals surface area contributed by atoms with Crippen LogP contribution in [0.25, 0.3) is 0 Å².